The van der Waals surface area contributed by atoms with E-state index in [0.717, 1.165) is 24.9 Å². The lowest BCUT2D eigenvalue weighted by molar-refractivity contribution is -0.138. The summed E-state index contributed by atoms with van der Waals surface area (Å²) in [5.74, 6) is -1.23. The van der Waals surface area contributed by atoms with E-state index in [2.05, 4.69) is 5.32 Å². The molecule has 19 heavy (non-hydrogen) atoms. The van der Waals surface area contributed by atoms with Crippen LogP contribution in [0.1, 0.15) is 36.8 Å². The third-order valence-electron chi connectivity index (χ3n) is 3.87. The third-order valence-corrected chi connectivity index (χ3v) is 3.87. The predicted octanol–water partition coefficient (Wildman–Crippen LogP) is 2.14. The maximum atomic E-state index is 10.9. The van der Waals surface area contributed by atoms with Crippen LogP contribution in [0.3, 0.4) is 0 Å². The lowest BCUT2D eigenvalue weighted by Gasteiger charge is -2.34. The van der Waals surface area contributed by atoms with Crippen LogP contribution in [0.25, 0.3) is 0 Å². The van der Waals surface area contributed by atoms with E-state index in [-0.39, 0.29) is 0 Å². The first-order valence-corrected chi connectivity index (χ1v) is 6.68. The van der Waals surface area contributed by atoms with Crippen LogP contribution in [0.5, 0.6) is 0 Å². The Labute approximate surface area is 113 Å². The number of carboxylic acid groups (broad SMARTS) is 1. The Morgan fingerprint density at radius 1 is 1.42 bits per heavy atom. The van der Waals surface area contributed by atoms with E-state index < -0.39 is 11.9 Å². The summed E-state index contributed by atoms with van der Waals surface area (Å²) in [6.45, 7) is 2.53. The third kappa shape index (κ3) is 3.55. The number of nitrogens with one attached hydrogen (secondary N) is 1. The number of carboxylic acids is 1. The van der Waals surface area contributed by atoms with Gasteiger partial charge in [-0.25, -0.2) is 0 Å². The normalized spacial score (nSPS) is 23.7. The minimum Gasteiger partial charge on any atom is -0.481 e. The fourth-order valence-corrected chi connectivity index (χ4v) is 2.25. The number of hydrogen-bond donors (Lipinski definition) is 2. The van der Waals surface area contributed by atoms with Gasteiger partial charge in [0.05, 0.1) is 12.0 Å². The molecule has 0 bridgehead atoms. The van der Waals surface area contributed by atoms with E-state index >= 15 is 0 Å². The summed E-state index contributed by atoms with van der Waals surface area (Å²) in [5.41, 5.74) is 2.03. The molecule has 0 saturated heterocycles. The van der Waals surface area contributed by atoms with Gasteiger partial charge in [0.15, 0.2) is 0 Å². The van der Waals surface area contributed by atoms with Crippen LogP contribution in [0, 0.1) is 0 Å². The van der Waals surface area contributed by atoms with E-state index in [9.17, 15) is 4.79 Å². The fraction of sp³-hybridized carbons (Fsp3) is 0.533. The molecule has 0 aliphatic heterocycles. The summed E-state index contributed by atoms with van der Waals surface area (Å²) < 4.78 is 5.24. The molecule has 1 aliphatic carbocycles. The summed E-state index contributed by atoms with van der Waals surface area (Å²) in [7, 11) is 1.75. The molecule has 2 rings (SSSR count). The molecule has 4 nitrogen and oxygen atoms in total. The van der Waals surface area contributed by atoms with E-state index in [1.807, 2.05) is 24.3 Å². The Morgan fingerprint density at radius 2 is 2.05 bits per heavy atom. The van der Waals surface area contributed by atoms with Gasteiger partial charge in [0.25, 0.3) is 0 Å². The van der Waals surface area contributed by atoms with Crippen molar-refractivity contribution in [3.63, 3.8) is 0 Å². The van der Waals surface area contributed by atoms with E-state index in [1.165, 1.54) is 5.56 Å². The summed E-state index contributed by atoms with van der Waals surface area (Å²) in [4.78, 5) is 10.9. The number of hydrogen-bond acceptors (Lipinski definition) is 3. The van der Waals surface area contributed by atoms with Gasteiger partial charge >= 0.3 is 5.97 Å². The summed E-state index contributed by atoms with van der Waals surface area (Å²) in [6, 6.07) is 8.33. The maximum Gasteiger partial charge on any atom is 0.310 e. The number of carbonyl (C=O) groups is 1. The zero-order valence-electron chi connectivity index (χ0n) is 11.4. The standard InChI is InChI=1S/C15H21NO3/c1-10(15(17)18)12-5-3-11(4-6-12)9-16-13-7-14(8-13)19-2/h3-6,10,13-14,16H,7-9H2,1-2H3,(H,17,18). The van der Waals surface area contributed by atoms with Crippen molar-refractivity contribution in [3.8, 4) is 0 Å². The highest BCUT2D eigenvalue weighted by atomic mass is 16.5. The molecular formula is C15H21NO3. The van der Waals surface area contributed by atoms with Crippen LogP contribution in [0.15, 0.2) is 24.3 Å². The van der Waals surface area contributed by atoms with Gasteiger partial charge in [-0.3, -0.25) is 4.79 Å². The molecule has 4 heteroatoms. The zero-order valence-corrected chi connectivity index (χ0v) is 11.4. The summed E-state index contributed by atoms with van der Waals surface area (Å²) in [5, 5.41) is 12.4. The first kappa shape index (κ1) is 14.0. The second-order valence-corrected chi connectivity index (χ2v) is 5.21. The second kappa shape index (κ2) is 6.17. The van der Waals surface area contributed by atoms with Gasteiger partial charge < -0.3 is 15.2 Å². The Kier molecular flexibility index (Phi) is 4.56. The molecule has 0 heterocycles. The highest BCUT2D eigenvalue weighted by Crippen LogP contribution is 2.23. The lowest BCUT2D eigenvalue weighted by Crippen LogP contribution is -2.44. The van der Waals surface area contributed by atoms with Crippen LogP contribution in [-0.4, -0.2) is 30.3 Å². The Hall–Kier alpha value is -1.39. The fourth-order valence-electron chi connectivity index (χ4n) is 2.25. The predicted molar refractivity (Wildman–Crippen MR) is 73.2 cm³/mol. The zero-order chi connectivity index (χ0) is 13.8. The van der Waals surface area contributed by atoms with Crippen LogP contribution in [0.4, 0.5) is 0 Å². The van der Waals surface area contributed by atoms with Crippen molar-refractivity contribution < 1.29 is 14.6 Å². The molecule has 2 N–H and O–H groups in total. The van der Waals surface area contributed by atoms with Crippen LogP contribution in [0.2, 0.25) is 0 Å². The number of methoxy groups -OCH3 is 1. The minimum absolute atomic E-state index is 0.413. The smallest absolute Gasteiger partial charge is 0.310 e. The van der Waals surface area contributed by atoms with Crippen molar-refractivity contribution in [2.45, 2.75) is 44.4 Å². The van der Waals surface area contributed by atoms with Gasteiger partial charge in [-0.1, -0.05) is 24.3 Å². The van der Waals surface area contributed by atoms with Crippen LogP contribution in [-0.2, 0) is 16.1 Å². The minimum atomic E-state index is -0.786. The molecule has 1 fully saturated rings. The Bertz CT molecular complexity index is 424. The molecule has 0 amide bonds. The highest BCUT2D eigenvalue weighted by Gasteiger charge is 2.28. The lowest BCUT2D eigenvalue weighted by atomic mass is 9.89. The molecule has 1 aromatic rings. The summed E-state index contributed by atoms with van der Waals surface area (Å²) >= 11 is 0. The molecular weight excluding hydrogens is 242 g/mol. The van der Waals surface area contributed by atoms with Crippen molar-refractivity contribution in [2.24, 2.45) is 0 Å². The van der Waals surface area contributed by atoms with Gasteiger partial charge in [-0.15, -0.1) is 0 Å². The Morgan fingerprint density at radius 3 is 2.58 bits per heavy atom. The van der Waals surface area contributed by atoms with Crippen LogP contribution < -0.4 is 5.32 Å². The molecule has 104 valence electrons. The molecule has 1 aromatic carbocycles. The van der Waals surface area contributed by atoms with Crippen LogP contribution >= 0.6 is 0 Å². The van der Waals surface area contributed by atoms with Gasteiger partial charge in [-0.2, -0.15) is 0 Å². The van der Waals surface area contributed by atoms with Gasteiger partial charge in [0.2, 0.25) is 0 Å². The van der Waals surface area contributed by atoms with Gasteiger partial charge in [0.1, 0.15) is 0 Å². The van der Waals surface area contributed by atoms with Gasteiger partial charge in [-0.05, 0) is 30.9 Å². The monoisotopic (exact) mass is 263 g/mol. The van der Waals surface area contributed by atoms with E-state index in [0.29, 0.717) is 12.1 Å². The average Bonchev–Trinajstić information content (AvgIpc) is 2.37. The molecule has 0 aromatic heterocycles. The number of aliphatic carboxylic acids is 1. The van der Waals surface area contributed by atoms with Gasteiger partial charge in [0, 0.05) is 19.7 Å². The molecule has 1 saturated carbocycles. The number of benzene rings is 1. The molecule has 1 atom stereocenters. The second-order valence-electron chi connectivity index (χ2n) is 5.21. The van der Waals surface area contributed by atoms with Crippen molar-refractivity contribution in [2.75, 3.05) is 7.11 Å². The highest BCUT2D eigenvalue weighted by molar-refractivity contribution is 5.75. The molecule has 0 spiro atoms. The summed E-state index contributed by atoms with van der Waals surface area (Å²) in [6.07, 6.45) is 2.56. The average molecular weight is 263 g/mol. The molecule has 1 aliphatic rings. The topological polar surface area (TPSA) is 58.6 Å². The quantitative estimate of drug-likeness (QED) is 0.825. The van der Waals surface area contributed by atoms with Crippen molar-refractivity contribution >= 4 is 5.97 Å². The molecule has 0 radical (unpaired) electrons. The first-order valence-electron chi connectivity index (χ1n) is 6.68. The number of rotatable bonds is 6. The molecule has 1 unspecified atom stereocenters. The first-order chi connectivity index (χ1) is 9.10. The van der Waals surface area contributed by atoms with Crippen molar-refractivity contribution in [1.29, 1.82) is 0 Å². The van der Waals surface area contributed by atoms with Crippen molar-refractivity contribution in [1.82, 2.24) is 5.32 Å². The number of ether oxygens (including phenoxy) is 1. The largest absolute Gasteiger partial charge is 0.481 e. The maximum absolute atomic E-state index is 10.9. The van der Waals surface area contributed by atoms with E-state index in [4.69, 9.17) is 9.84 Å². The van der Waals surface area contributed by atoms with Crippen molar-refractivity contribution in [3.05, 3.63) is 35.4 Å². The Balaban J connectivity index is 1.81. The van der Waals surface area contributed by atoms with E-state index in [1.54, 1.807) is 14.0 Å². The SMILES string of the molecule is COC1CC(NCc2ccc(C(C)C(=O)O)cc2)C1.